The summed E-state index contributed by atoms with van der Waals surface area (Å²) in [4.78, 5) is 0. The second-order valence-corrected chi connectivity index (χ2v) is 9.04. The van der Waals surface area contributed by atoms with Crippen molar-refractivity contribution in [1.82, 2.24) is 4.57 Å². The van der Waals surface area contributed by atoms with Crippen LogP contribution in [-0.2, 0) is 13.0 Å². The highest BCUT2D eigenvalue weighted by atomic mass is 79.9. The van der Waals surface area contributed by atoms with Crippen LogP contribution in [0.2, 0.25) is 0 Å². The number of aromatic nitrogens is 1. The minimum atomic E-state index is 0.812. The Labute approximate surface area is 211 Å². The molecule has 0 spiro atoms. The Balaban J connectivity index is 1.77. The summed E-state index contributed by atoms with van der Waals surface area (Å²) < 4.78 is 20.3. The first-order valence-electron chi connectivity index (χ1n) is 10.5. The van der Waals surface area contributed by atoms with Gasteiger partial charge in [0, 0.05) is 17.7 Å². The van der Waals surface area contributed by atoms with Crippen LogP contribution in [0.4, 0.5) is 0 Å². The highest BCUT2D eigenvalue weighted by Crippen LogP contribution is 2.45. The lowest BCUT2D eigenvalue weighted by Gasteiger charge is -2.09. The molecule has 4 rings (SSSR count). The zero-order valence-corrected chi connectivity index (χ0v) is 21.9. The van der Waals surface area contributed by atoms with Gasteiger partial charge in [0.2, 0.25) is 0 Å². The van der Waals surface area contributed by atoms with E-state index in [1.165, 1.54) is 5.56 Å². The highest BCUT2D eigenvalue weighted by Gasteiger charge is 2.22. The van der Waals surface area contributed by atoms with Gasteiger partial charge in [-0.05, 0) is 91.4 Å². The monoisotopic (exact) mass is 569 g/mol. The molecule has 6 heteroatoms. The molecule has 170 valence electrons. The third-order valence-corrected chi connectivity index (χ3v) is 7.33. The predicted octanol–water partition coefficient (Wildman–Crippen LogP) is 7.62. The third-order valence-electron chi connectivity index (χ3n) is 5.68. The van der Waals surface area contributed by atoms with Gasteiger partial charge in [0.15, 0.2) is 0 Å². The summed E-state index contributed by atoms with van der Waals surface area (Å²) in [5.41, 5.74) is 5.73. The molecular weight excluding hydrogens is 546 g/mol. The quantitative estimate of drug-likeness (QED) is 0.218. The van der Waals surface area contributed by atoms with Crippen molar-refractivity contribution >= 4 is 31.9 Å². The van der Waals surface area contributed by atoms with Crippen LogP contribution in [0.5, 0.6) is 17.2 Å². The molecule has 0 amide bonds. The SMILES string of the molecule is COc1ccc(CCn2c(Br)c(-c3ccc(OC)cc3)c(-c3ccc(OC)cc3)c2Br)cc1. The van der Waals surface area contributed by atoms with E-state index in [2.05, 4.69) is 72.8 Å². The number of benzene rings is 3. The largest absolute Gasteiger partial charge is 0.497 e. The van der Waals surface area contributed by atoms with E-state index in [1.54, 1.807) is 21.3 Å². The molecule has 0 aliphatic heterocycles. The van der Waals surface area contributed by atoms with E-state index < -0.39 is 0 Å². The van der Waals surface area contributed by atoms with E-state index >= 15 is 0 Å². The molecule has 4 aromatic rings. The van der Waals surface area contributed by atoms with Gasteiger partial charge in [-0.3, -0.25) is 0 Å². The topological polar surface area (TPSA) is 32.6 Å². The van der Waals surface area contributed by atoms with Crippen molar-refractivity contribution in [3.05, 3.63) is 87.6 Å². The smallest absolute Gasteiger partial charge is 0.118 e. The molecule has 0 saturated carbocycles. The number of hydrogen-bond donors (Lipinski definition) is 0. The molecular formula is C27H25Br2NO3. The fourth-order valence-corrected chi connectivity index (χ4v) is 5.64. The summed E-state index contributed by atoms with van der Waals surface area (Å²) in [7, 11) is 5.05. The van der Waals surface area contributed by atoms with Crippen molar-refractivity contribution in [2.24, 2.45) is 0 Å². The fraction of sp³-hybridized carbons (Fsp3) is 0.185. The van der Waals surface area contributed by atoms with Gasteiger partial charge < -0.3 is 18.8 Å². The van der Waals surface area contributed by atoms with Crippen molar-refractivity contribution in [2.45, 2.75) is 13.0 Å². The minimum absolute atomic E-state index is 0.812. The van der Waals surface area contributed by atoms with Gasteiger partial charge in [0.1, 0.15) is 17.2 Å². The Kier molecular flexibility index (Phi) is 7.46. The van der Waals surface area contributed by atoms with Crippen LogP contribution in [-0.4, -0.2) is 25.9 Å². The molecule has 4 nitrogen and oxygen atoms in total. The van der Waals surface area contributed by atoms with Gasteiger partial charge in [0.05, 0.1) is 30.5 Å². The highest BCUT2D eigenvalue weighted by molar-refractivity contribution is 9.11. The van der Waals surface area contributed by atoms with Crippen LogP contribution in [0.3, 0.4) is 0 Å². The van der Waals surface area contributed by atoms with E-state index in [9.17, 15) is 0 Å². The summed E-state index contributed by atoms with van der Waals surface area (Å²) in [5, 5.41) is 0. The molecule has 0 fully saturated rings. The molecule has 1 aromatic heterocycles. The Morgan fingerprint density at radius 3 is 1.30 bits per heavy atom. The van der Waals surface area contributed by atoms with E-state index in [4.69, 9.17) is 14.2 Å². The molecule has 0 saturated heterocycles. The summed E-state index contributed by atoms with van der Waals surface area (Å²) in [6.07, 6.45) is 0.889. The molecule has 1 heterocycles. The maximum atomic E-state index is 5.36. The molecule has 0 atom stereocenters. The molecule has 3 aromatic carbocycles. The minimum Gasteiger partial charge on any atom is -0.497 e. The first-order chi connectivity index (χ1) is 16.0. The average molecular weight is 571 g/mol. The average Bonchev–Trinajstić information content (AvgIpc) is 3.12. The molecule has 0 aliphatic carbocycles. The summed E-state index contributed by atoms with van der Waals surface area (Å²) in [5.74, 6) is 2.53. The van der Waals surface area contributed by atoms with Crippen LogP contribution in [0, 0.1) is 0 Å². The van der Waals surface area contributed by atoms with Gasteiger partial charge in [-0.15, -0.1) is 0 Å². The molecule has 0 aliphatic rings. The van der Waals surface area contributed by atoms with Crippen LogP contribution in [0.1, 0.15) is 5.56 Å². The Morgan fingerprint density at radius 1 is 0.576 bits per heavy atom. The first kappa shape index (κ1) is 23.5. The van der Waals surface area contributed by atoms with Crippen LogP contribution < -0.4 is 14.2 Å². The summed E-state index contributed by atoms with van der Waals surface area (Å²) >= 11 is 7.81. The van der Waals surface area contributed by atoms with Gasteiger partial charge in [0.25, 0.3) is 0 Å². The Hall–Kier alpha value is -2.70. The molecule has 0 bridgehead atoms. The maximum Gasteiger partial charge on any atom is 0.118 e. The van der Waals surface area contributed by atoms with Crippen LogP contribution in [0.25, 0.3) is 22.3 Å². The van der Waals surface area contributed by atoms with Crippen LogP contribution in [0.15, 0.2) is 82.0 Å². The fourth-order valence-electron chi connectivity index (χ4n) is 3.83. The number of hydrogen-bond acceptors (Lipinski definition) is 3. The van der Waals surface area contributed by atoms with Crippen molar-refractivity contribution in [3.8, 4) is 39.5 Å². The van der Waals surface area contributed by atoms with Crippen molar-refractivity contribution in [1.29, 1.82) is 0 Å². The Morgan fingerprint density at radius 2 is 0.939 bits per heavy atom. The zero-order chi connectivity index (χ0) is 23.4. The van der Waals surface area contributed by atoms with E-state index in [0.717, 1.165) is 61.7 Å². The second kappa shape index (κ2) is 10.5. The Bertz CT molecular complexity index is 1140. The van der Waals surface area contributed by atoms with E-state index in [-0.39, 0.29) is 0 Å². The number of rotatable bonds is 8. The van der Waals surface area contributed by atoms with Gasteiger partial charge in [-0.2, -0.15) is 0 Å². The lowest BCUT2D eigenvalue weighted by Crippen LogP contribution is -2.02. The number of ether oxygens (including phenoxy) is 3. The standard InChI is InChI=1S/C27H25Br2NO3/c1-31-21-10-4-18(5-11-21)16-17-30-26(28)24(19-6-12-22(32-2)13-7-19)25(27(30)29)20-8-14-23(33-3)15-9-20/h4-15H,16-17H2,1-3H3. The summed E-state index contributed by atoms with van der Waals surface area (Å²) in [6, 6.07) is 24.5. The lowest BCUT2D eigenvalue weighted by molar-refractivity contribution is 0.414. The second-order valence-electron chi connectivity index (χ2n) is 7.54. The van der Waals surface area contributed by atoms with E-state index in [1.807, 2.05) is 36.4 Å². The third kappa shape index (κ3) is 4.97. The van der Waals surface area contributed by atoms with Gasteiger partial charge >= 0.3 is 0 Å². The van der Waals surface area contributed by atoms with Crippen LogP contribution >= 0.6 is 31.9 Å². The lowest BCUT2D eigenvalue weighted by atomic mass is 9.99. The van der Waals surface area contributed by atoms with Gasteiger partial charge in [-0.25, -0.2) is 0 Å². The number of halogens is 2. The number of methoxy groups -OCH3 is 3. The van der Waals surface area contributed by atoms with Gasteiger partial charge in [-0.1, -0.05) is 36.4 Å². The van der Waals surface area contributed by atoms with E-state index in [0.29, 0.717) is 0 Å². The molecule has 0 radical (unpaired) electrons. The first-order valence-corrected chi connectivity index (χ1v) is 12.1. The molecule has 33 heavy (non-hydrogen) atoms. The molecule has 0 unspecified atom stereocenters. The predicted molar refractivity (Wildman–Crippen MR) is 141 cm³/mol. The summed E-state index contributed by atoms with van der Waals surface area (Å²) in [6.45, 7) is 0.812. The van der Waals surface area contributed by atoms with Crippen molar-refractivity contribution in [2.75, 3.05) is 21.3 Å². The number of nitrogens with zero attached hydrogens (tertiary/aromatic N) is 1. The van der Waals surface area contributed by atoms with Crippen molar-refractivity contribution < 1.29 is 14.2 Å². The zero-order valence-electron chi connectivity index (χ0n) is 18.8. The number of aryl methyl sites for hydroxylation is 1. The maximum absolute atomic E-state index is 5.36. The van der Waals surface area contributed by atoms with Crippen molar-refractivity contribution in [3.63, 3.8) is 0 Å². The molecule has 0 N–H and O–H groups in total. The normalized spacial score (nSPS) is 10.8.